The predicted molar refractivity (Wildman–Crippen MR) is 115 cm³/mol. The van der Waals surface area contributed by atoms with Crippen LogP contribution in [0.5, 0.6) is 23.0 Å². The van der Waals surface area contributed by atoms with E-state index in [0.717, 1.165) is 5.56 Å². The maximum absolute atomic E-state index is 12.7. The largest absolute Gasteiger partial charge is 0.493 e. The zero-order chi connectivity index (χ0) is 22.2. The lowest BCUT2D eigenvalue weighted by Crippen LogP contribution is -2.52. The highest BCUT2D eigenvalue weighted by atomic mass is 16.5. The first kappa shape index (κ1) is 22.3. The van der Waals surface area contributed by atoms with E-state index in [1.165, 1.54) is 0 Å². The molecule has 2 amide bonds. The van der Waals surface area contributed by atoms with Crippen LogP contribution in [0.1, 0.15) is 5.56 Å². The Hall–Kier alpha value is -3.42. The third-order valence-electron chi connectivity index (χ3n) is 5.21. The number of carbonyl (C=O) groups is 2. The zero-order valence-electron chi connectivity index (χ0n) is 18.1. The molecule has 8 nitrogen and oxygen atoms in total. The minimum absolute atomic E-state index is 0.0181. The zero-order valence-corrected chi connectivity index (χ0v) is 18.1. The Morgan fingerprint density at radius 2 is 1.29 bits per heavy atom. The van der Waals surface area contributed by atoms with Gasteiger partial charge in [0.25, 0.3) is 5.91 Å². The molecule has 0 bridgehead atoms. The second-order valence-corrected chi connectivity index (χ2v) is 7.07. The van der Waals surface area contributed by atoms with E-state index in [0.29, 0.717) is 49.2 Å². The van der Waals surface area contributed by atoms with Crippen molar-refractivity contribution in [3.05, 3.63) is 48.0 Å². The highest BCUT2D eigenvalue weighted by molar-refractivity contribution is 5.80. The first-order chi connectivity index (χ1) is 15.0. The van der Waals surface area contributed by atoms with E-state index in [-0.39, 0.29) is 24.8 Å². The molecule has 0 N–H and O–H groups in total. The number of hydrogen-bond donors (Lipinski definition) is 0. The molecule has 0 aromatic heterocycles. The first-order valence-corrected chi connectivity index (χ1v) is 10.1. The average molecular weight is 428 g/mol. The third kappa shape index (κ3) is 5.59. The molecule has 0 atom stereocenters. The second-order valence-electron chi connectivity index (χ2n) is 7.07. The minimum Gasteiger partial charge on any atom is -0.493 e. The smallest absolute Gasteiger partial charge is 0.260 e. The second kappa shape index (κ2) is 10.6. The van der Waals surface area contributed by atoms with Crippen LogP contribution in [0.15, 0.2) is 42.5 Å². The maximum atomic E-state index is 12.7. The van der Waals surface area contributed by atoms with E-state index in [9.17, 15) is 9.59 Å². The Labute approximate surface area is 182 Å². The van der Waals surface area contributed by atoms with Gasteiger partial charge in [0.05, 0.1) is 27.8 Å². The summed E-state index contributed by atoms with van der Waals surface area (Å²) in [7, 11) is 4.70. The molecule has 1 saturated heterocycles. The molecule has 1 aliphatic rings. The standard InChI is InChI=1S/C23H28N2O6/c1-28-18-6-4-5-7-20(18)31-16-23(27)25-12-10-24(11-13-25)22(26)15-17-8-9-19(29-2)21(14-17)30-3/h4-9,14H,10-13,15-16H2,1-3H3. The fourth-order valence-corrected chi connectivity index (χ4v) is 3.45. The molecule has 1 fully saturated rings. The Morgan fingerprint density at radius 3 is 1.90 bits per heavy atom. The average Bonchev–Trinajstić information content (AvgIpc) is 2.82. The molecule has 3 rings (SSSR count). The summed E-state index contributed by atoms with van der Waals surface area (Å²) in [6.45, 7) is 1.87. The molecule has 0 aliphatic carbocycles. The van der Waals surface area contributed by atoms with Crippen LogP contribution < -0.4 is 18.9 Å². The molecule has 0 saturated carbocycles. The van der Waals surface area contributed by atoms with Gasteiger partial charge < -0.3 is 28.7 Å². The van der Waals surface area contributed by atoms with E-state index in [1.807, 2.05) is 24.3 Å². The van der Waals surface area contributed by atoms with Crippen LogP contribution in [0.3, 0.4) is 0 Å². The Balaban J connectivity index is 1.48. The van der Waals surface area contributed by atoms with Gasteiger partial charge >= 0.3 is 0 Å². The monoisotopic (exact) mass is 428 g/mol. The Kier molecular flexibility index (Phi) is 7.59. The molecule has 8 heteroatoms. The maximum Gasteiger partial charge on any atom is 0.260 e. The summed E-state index contributed by atoms with van der Waals surface area (Å²) in [5.41, 5.74) is 0.853. The van der Waals surface area contributed by atoms with Crippen molar-refractivity contribution in [2.24, 2.45) is 0 Å². The van der Waals surface area contributed by atoms with Crippen LogP contribution >= 0.6 is 0 Å². The van der Waals surface area contributed by atoms with Crippen molar-refractivity contribution in [3.63, 3.8) is 0 Å². The molecular weight excluding hydrogens is 400 g/mol. The number of benzene rings is 2. The fraction of sp³-hybridized carbons (Fsp3) is 0.391. The summed E-state index contributed by atoms with van der Waals surface area (Å²) in [4.78, 5) is 28.7. The lowest BCUT2D eigenvalue weighted by atomic mass is 10.1. The van der Waals surface area contributed by atoms with Crippen LogP contribution in [0.4, 0.5) is 0 Å². The van der Waals surface area contributed by atoms with E-state index in [4.69, 9.17) is 18.9 Å². The van der Waals surface area contributed by atoms with Crippen LogP contribution in [-0.2, 0) is 16.0 Å². The highest BCUT2D eigenvalue weighted by Gasteiger charge is 2.24. The normalized spacial score (nSPS) is 13.5. The van der Waals surface area contributed by atoms with Crippen molar-refractivity contribution in [3.8, 4) is 23.0 Å². The van der Waals surface area contributed by atoms with Crippen molar-refractivity contribution in [1.29, 1.82) is 0 Å². The van der Waals surface area contributed by atoms with Crippen molar-refractivity contribution in [2.45, 2.75) is 6.42 Å². The summed E-state index contributed by atoms with van der Waals surface area (Å²) < 4.78 is 21.4. The number of para-hydroxylation sites is 2. The van der Waals surface area contributed by atoms with Gasteiger partial charge in [-0.2, -0.15) is 0 Å². The number of hydrogen-bond acceptors (Lipinski definition) is 6. The number of carbonyl (C=O) groups excluding carboxylic acids is 2. The number of nitrogens with zero attached hydrogens (tertiary/aromatic N) is 2. The van der Waals surface area contributed by atoms with Crippen molar-refractivity contribution >= 4 is 11.8 Å². The highest BCUT2D eigenvalue weighted by Crippen LogP contribution is 2.28. The topological polar surface area (TPSA) is 77.5 Å². The van der Waals surface area contributed by atoms with Gasteiger partial charge in [0, 0.05) is 26.2 Å². The number of piperazine rings is 1. The molecule has 31 heavy (non-hydrogen) atoms. The van der Waals surface area contributed by atoms with Gasteiger partial charge in [0.1, 0.15) is 0 Å². The lowest BCUT2D eigenvalue weighted by Gasteiger charge is -2.34. The third-order valence-corrected chi connectivity index (χ3v) is 5.21. The van der Waals surface area contributed by atoms with Crippen molar-refractivity contribution in [2.75, 3.05) is 54.1 Å². The van der Waals surface area contributed by atoms with Crippen molar-refractivity contribution < 1.29 is 28.5 Å². The molecule has 166 valence electrons. The van der Waals surface area contributed by atoms with Gasteiger partial charge in [0.2, 0.25) is 5.91 Å². The summed E-state index contributed by atoms with van der Waals surface area (Å²) in [6, 6.07) is 12.7. The van der Waals surface area contributed by atoms with Gasteiger partial charge in [-0.15, -0.1) is 0 Å². The van der Waals surface area contributed by atoms with E-state index < -0.39 is 0 Å². The van der Waals surface area contributed by atoms with Gasteiger partial charge in [-0.25, -0.2) is 0 Å². The van der Waals surface area contributed by atoms with E-state index in [1.54, 1.807) is 49.3 Å². The van der Waals surface area contributed by atoms with E-state index >= 15 is 0 Å². The van der Waals surface area contributed by atoms with Gasteiger partial charge in [-0.05, 0) is 29.8 Å². The molecule has 0 unspecified atom stereocenters. The number of rotatable bonds is 8. The minimum atomic E-state index is -0.113. The first-order valence-electron chi connectivity index (χ1n) is 10.1. The van der Waals surface area contributed by atoms with Gasteiger partial charge in [0.15, 0.2) is 29.6 Å². The molecule has 1 aliphatic heterocycles. The summed E-state index contributed by atoms with van der Waals surface area (Å²) in [5, 5.41) is 0. The molecular formula is C23H28N2O6. The van der Waals surface area contributed by atoms with Crippen LogP contribution in [0, 0.1) is 0 Å². The molecule has 2 aromatic rings. The fourth-order valence-electron chi connectivity index (χ4n) is 3.45. The SMILES string of the molecule is COc1ccc(CC(=O)N2CCN(C(=O)COc3ccccc3OC)CC2)cc1OC. The lowest BCUT2D eigenvalue weighted by molar-refractivity contribution is -0.140. The number of amides is 2. The predicted octanol–water partition coefficient (Wildman–Crippen LogP) is 2.00. The van der Waals surface area contributed by atoms with Crippen LogP contribution in [0.25, 0.3) is 0 Å². The number of ether oxygens (including phenoxy) is 4. The molecule has 0 spiro atoms. The Morgan fingerprint density at radius 1 is 0.742 bits per heavy atom. The van der Waals surface area contributed by atoms with E-state index in [2.05, 4.69) is 0 Å². The van der Waals surface area contributed by atoms with Crippen LogP contribution in [0.2, 0.25) is 0 Å². The number of methoxy groups -OCH3 is 3. The van der Waals surface area contributed by atoms with Gasteiger partial charge in [-0.1, -0.05) is 18.2 Å². The summed E-state index contributed by atoms with van der Waals surface area (Å²) in [5.74, 6) is 2.24. The summed E-state index contributed by atoms with van der Waals surface area (Å²) in [6.07, 6.45) is 0.269. The molecule has 1 heterocycles. The van der Waals surface area contributed by atoms with Crippen molar-refractivity contribution in [1.82, 2.24) is 9.80 Å². The van der Waals surface area contributed by atoms with Gasteiger partial charge in [-0.3, -0.25) is 9.59 Å². The Bertz CT molecular complexity index is 909. The molecule has 2 aromatic carbocycles. The molecule has 0 radical (unpaired) electrons. The quantitative estimate of drug-likeness (QED) is 0.640. The van der Waals surface area contributed by atoms with Crippen LogP contribution in [-0.4, -0.2) is 75.7 Å². The summed E-state index contributed by atoms with van der Waals surface area (Å²) >= 11 is 0.